The maximum atomic E-state index is 11.7. The minimum Gasteiger partial charge on any atom is -0.497 e. The Morgan fingerprint density at radius 1 is 1.10 bits per heavy atom. The summed E-state index contributed by atoms with van der Waals surface area (Å²) in [5.41, 5.74) is 1.02. The molecule has 2 atom stereocenters. The van der Waals surface area contributed by atoms with Crippen LogP contribution in [0.4, 0.5) is 0 Å². The Morgan fingerprint density at radius 2 is 1.67 bits per heavy atom. The molecule has 0 N–H and O–H groups in total. The highest BCUT2D eigenvalue weighted by Gasteiger charge is 2.25. The van der Waals surface area contributed by atoms with Gasteiger partial charge in [-0.3, -0.25) is 4.79 Å². The highest BCUT2D eigenvalue weighted by molar-refractivity contribution is 5.91. The summed E-state index contributed by atoms with van der Waals surface area (Å²) in [5, 5.41) is 0. The zero-order valence-electron chi connectivity index (χ0n) is 27.6. The van der Waals surface area contributed by atoms with Crippen molar-refractivity contribution in [1.82, 2.24) is 14.7 Å². The second-order valence-corrected chi connectivity index (χ2v) is 11.2. The zero-order chi connectivity index (χ0) is 32.0. The molecule has 1 aliphatic rings. The quantitative estimate of drug-likeness (QED) is 0.194. The fourth-order valence-corrected chi connectivity index (χ4v) is 4.09. The number of methoxy groups -OCH3 is 1. The van der Waals surface area contributed by atoms with Gasteiger partial charge in [-0.05, 0) is 103 Å². The molecule has 0 radical (unpaired) electrons. The van der Waals surface area contributed by atoms with E-state index in [9.17, 15) is 9.59 Å². The van der Waals surface area contributed by atoms with Crippen LogP contribution in [-0.4, -0.2) is 80.8 Å². The molecule has 1 amide bonds. The summed E-state index contributed by atoms with van der Waals surface area (Å²) in [5.74, 6) is 1.98. The molecule has 7 heteroatoms. The Balaban J connectivity index is 0.000000736. The third kappa shape index (κ3) is 16.3. The highest BCUT2D eigenvalue weighted by Crippen LogP contribution is 2.24. The number of hydrogen-bond donors (Lipinski definition) is 0. The molecule has 2 aromatic rings. The van der Waals surface area contributed by atoms with Gasteiger partial charge in [0, 0.05) is 25.0 Å². The molecular formula is C35H57N3O4. The van der Waals surface area contributed by atoms with Gasteiger partial charge in [-0.25, -0.2) is 0 Å². The number of rotatable bonds is 12. The van der Waals surface area contributed by atoms with Crippen molar-refractivity contribution in [3.8, 4) is 5.75 Å². The van der Waals surface area contributed by atoms with Gasteiger partial charge in [0.15, 0.2) is 5.76 Å². The molecule has 7 nitrogen and oxygen atoms in total. The second kappa shape index (κ2) is 22.4. The predicted octanol–water partition coefficient (Wildman–Crippen LogP) is 7.21. The van der Waals surface area contributed by atoms with E-state index in [1.165, 1.54) is 11.8 Å². The number of carbonyl (C=O) groups excluding carboxylic acids is 2. The summed E-state index contributed by atoms with van der Waals surface area (Å²) >= 11 is 0. The number of carbonyl (C=O) groups is 2. The van der Waals surface area contributed by atoms with Gasteiger partial charge in [-0.1, -0.05) is 45.1 Å². The van der Waals surface area contributed by atoms with Gasteiger partial charge < -0.3 is 28.6 Å². The maximum Gasteiger partial charge on any atom is 0.289 e. The van der Waals surface area contributed by atoms with Crippen LogP contribution in [0.25, 0.3) is 0 Å². The number of amides is 1. The van der Waals surface area contributed by atoms with Crippen LogP contribution in [0.15, 0.2) is 72.4 Å². The second-order valence-electron chi connectivity index (χ2n) is 11.2. The summed E-state index contributed by atoms with van der Waals surface area (Å²) in [6, 6.07) is 11.6. The van der Waals surface area contributed by atoms with E-state index < -0.39 is 0 Å². The topological polar surface area (TPSA) is 66.2 Å². The van der Waals surface area contributed by atoms with E-state index in [1.807, 2.05) is 30.9 Å². The van der Waals surface area contributed by atoms with Crippen LogP contribution < -0.4 is 4.74 Å². The van der Waals surface area contributed by atoms with Gasteiger partial charge in [0.25, 0.3) is 5.91 Å². The van der Waals surface area contributed by atoms with Crippen LogP contribution in [-0.2, 0) is 11.3 Å². The van der Waals surface area contributed by atoms with Crippen molar-refractivity contribution in [2.45, 2.75) is 60.4 Å². The molecule has 0 bridgehead atoms. The van der Waals surface area contributed by atoms with E-state index >= 15 is 0 Å². The Bertz CT molecular complexity index is 984. The molecular weight excluding hydrogens is 526 g/mol. The predicted molar refractivity (Wildman–Crippen MR) is 176 cm³/mol. The van der Waals surface area contributed by atoms with E-state index in [0.29, 0.717) is 11.7 Å². The van der Waals surface area contributed by atoms with Crippen LogP contribution in [0.3, 0.4) is 0 Å². The molecule has 1 fully saturated rings. The lowest BCUT2D eigenvalue weighted by atomic mass is 9.84. The number of benzene rings is 1. The van der Waals surface area contributed by atoms with E-state index in [0.717, 1.165) is 70.6 Å². The van der Waals surface area contributed by atoms with Gasteiger partial charge in [0.1, 0.15) is 12.0 Å². The van der Waals surface area contributed by atoms with E-state index in [-0.39, 0.29) is 11.3 Å². The summed E-state index contributed by atoms with van der Waals surface area (Å²) < 4.78 is 10.2. The average Bonchev–Trinajstić information content (AvgIpc) is 3.69. The fourth-order valence-electron chi connectivity index (χ4n) is 4.09. The number of furan rings is 1. The largest absolute Gasteiger partial charge is 0.497 e. The first-order chi connectivity index (χ1) is 20.0. The Hall–Kier alpha value is -3.16. The molecule has 0 spiro atoms. The minimum absolute atomic E-state index is 0.0225. The molecule has 2 unspecified atom stereocenters. The standard InChI is InChI=1S/C19H32N2O2.C10H13NO2.2C3H6/c1-6-20(3)13-11-19(2,16-22)12-14-21(4)15-17-7-9-18(23-5)10-8-17;1-8-4-5-11(7-8)10(12)9-3-2-6-13-9;2*1-3-2/h7-10,16H,6,11-15H2,1-5H3;2-3,6,8H,4-5,7H2,1H3;2*3H,1H2,2H3. The Labute approximate surface area is 256 Å². The van der Waals surface area contributed by atoms with Crippen LogP contribution in [0.1, 0.15) is 70.0 Å². The number of likely N-dealkylation sites (tertiary alicyclic amines) is 1. The van der Waals surface area contributed by atoms with Gasteiger partial charge in [-0.15, -0.1) is 13.2 Å². The van der Waals surface area contributed by atoms with Crippen molar-refractivity contribution in [3.63, 3.8) is 0 Å². The fraction of sp³-hybridized carbons (Fsp3) is 0.543. The SMILES string of the molecule is C=CC.C=CC.CC1CCN(C(=O)c2ccco2)C1.CCN(C)CCC(C)(C=O)CCN(C)Cc1ccc(OC)cc1. The van der Waals surface area contributed by atoms with Crippen LogP contribution >= 0.6 is 0 Å². The number of allylic oxidation sites excluding steroid dienone is 2. The van der Waals surface area contributed by atoms with Gasteiger partial charge >= 0.3 is 0 Å². The molecule has 236 valence electrons. The average molecular weight is 584 g/mol. The molecule has 42 heavy (non-hydrogen) atoms. The smallest absolute Gasteiger partial charge is 0.289 e. The molecule has 3 rings (SSSR count). The number of ether oxygens (including phenoxy) is 1. The van der Waals surface area contributed by atoms with E-state index in [4.69, 9.17) is 9.15 Å². The Kier molecular flexibility index (Phi) is 20.8. The van der Waals surface area contributed by atoms with Crippen LogP contribution in [0, 0.1) is 11.3 Å². The van der Waals surface area contributed by atoms with E-state index in [1.54, 1.807) is 31.4 Å². The van der Waals surface area contributed by atoms with E-state index in [2.05, 4.69) is 70.0 Å². The van der Waals surface area contributed by atoms with Crippen LogP contribution in [0.2, 0.25) is 0 Å². The lowest BCUT2D eigenvalue weighted by Crippen LogP contribution is -2.31. The molecule has 1 aromatic carbocycles. The summed E-state index contributed by atoms with van der Waals surface area (Å²) in [6.07, 6.45) is 9.08. The molecule has 1 saturated heterocycles. The number of aldehydes is 1. The van der Waals surface area contributed by atoms with Crippen molar-refractivity contribution >= 4 is 12.2 Å². The lowest BCUT2D eigenvalue weighted by molar-refractivity contribution is -0.116. The lowest BCUT2D eigenvalue weighted by Gasteiger charge is -2.28. The molecule has 1 aliphatic heterocycles. The van der Waals surface area contributed by atoms with Gasteiger partial charge in [-0.2, -0.15) is 0 Å². The van der Waals surface area contributed by atoms with Crippen molar-refractivity contribution < 1.29 is 18.7 Å². The maximum absolute atomic E-state index is 11.7. The van der Waals surface area contributed by atoms with Crippen LogP contribution in [0.5, 0.6) is 5.75 Å². The number of hydrogen-bond acceptors (Lipinski definition) is 6. The molecule has 0 saturated carbocycles. The third-order valence-electron chi connectivity index (χ3n) is 7.01. The monoisotopic (exact) mass is 583 g/mol. The van der Waals surface area contributed by atoms with Crippen molar-refractivity contribution in [2.24, 2.45) is 11.3 Å². The third-order valence-corrected chi connectivity index (χ3v) is 7.01. The van der Waals surface area contributed by atoms with Crippen molar-refractivity contribution in [1.29, 1.82) is 0 Å². The minimum atomic E-state index is -0.238. The first-order valence-electron chi connectivity index (χ1n) is 15.0. The normalized spacial score (nSPS) is 15.2. The highest BCUT2D eigenvalue weighted by atomic mass is 16.5. The Morgan fingerprint density at radius 3 is 2.10 bits per heavy atom. The molecule has 0 aliphatic carbocycles. The summed E-state index contributed by atoms with van der Waals surface area (Å²) in [4.78, 5) is 29.6. The zero-order valence-corrected chi connectivity index (χ0v) is 27.6. The number of nitrogens with zero attached hydrogens (tertiary/aromatic N) is 3. The molecule has 2 heterocycles. The molecule has 1 aromatic heterocycles. The summed E-state index contributed by atoms with van der Waals surface area (Å²) in [6.45, 7) is 22.4. The van der Waals surface area contributed by atoms with Gasteiger partial charge in [0.05, 0.1) is 13.4 Å². The first kappa shape index (κ1) is 38.8. The van der Waals surface area contributed by atoms with Gasteiger partial charge in [0.2, 0.25) is 0 Å². The van der Waals surface area contributed by atoms with Crippen molar-refractivity contribution in [3.05, 3.63) is 79.3 Å². The van der Waals surface area contributed by atoms with Crippen molar-refractivity contribution in [2.75, 3.05) is 53.9 Å². The summed E-state index contributed by atoms with van der Waals surface area (Å²) in [7, 11) is 5.88. The first-order valence-corrected chi connectivity index (χ1v) is 15.0.